The summed E-state index contributed by atoms with van der Waals surface area (Å²) in [4.78, 5) is 24.4. The quantitative estimate of drug-likeness (QED) is 0.612. The van der Waals surface area contributed by atoms with Gasteiger partial charge in [0.15, 0.2) is 6.61 Å². The van der Waals surface area contributed by atoms with Crippen molar-refractivity contribution in [1.82, 2.24) is 0 Å². The van der Waals surface area contributed by atoms with Crippen LogP contribution in [0.2, 0.25) is 0 Å². The number of anilines is 1. The van der Waals surface area contributed by atoms with Gasteiger partial charge in [-0.15, -0.1) is 0 Å². The number of nitrogens with one attached hydrogen (secondary N) is 1. The smallest absolute Gasteiger partial charge is 0.342 e. The third-order valence-corrected chi connectivity index (χ3v) is 4.24. The maximum atomic E-state index is 12.3. The minimum absolute atomic E-state index is 0.216. The molecule has 6 heteroatoms. The van der Waals surface area contributed by atoms with Crippen LogP contribution in [0.3, 0.4) is 0 Å². The molecule has 6 nitrogen and oxygen atoms in total. The van der Waals surface area contributed by atoms with Gasteiger partial charge in [0.05, 0.1) is 14.2 Å². The Balaban J connectivity index is 1.57. The highest BCUT2D eigenvalue weighted by molar-refractivity contribution is 5.97. The Morgan fingerprint density at radius 2 is 1.52 bits per heavy atom. The monoisotopic (exact) mass is 391 g/mol. The molecule has 0 saturated carbocycles. The zero-order chi connectivity index (χ0) is 20.6. The van der Waals surface area contributed by atoms with E-state index in [2.05, 4.69) is 5.32 Å². The molecule has 0 aromatic heterocycles. The van der Waals surface area contributed by atoms with E-state index in [-0.39, 0.29) is 5.56 Å². The maximum absolute atomic E-state index is 12.3. The molecule has 0 aliphatic heterocycles. The van der Waals surface area contributed by atoms with Gasteiger partial charge in [0, 0.05) is 11.8 Å². The van der Waals surface area contributed by atoms with Crippen molar-refractivity contribution in [2.24, 2.45) is 0 Å². The van der Waals surface area contributed by atoms with E-state index in [1.54, 1.807) is 24.3 Å². The summed E-state index contributed by atoms with van der Waals surface area (Å²) in [5.41, 5.74) is 2.97. The van der Waals surface area contributed by atoms with Crippen LogP contribution < -0.4 is 14.8 Å². The molecular weight excluding hydrogens is 370 g/mol. The second-order valence-electron chi connectivity index (χ2n) is 6.13. The highest BCUT2D eigenvalue weighted by Gasteiger charge is 2.16. The molecule has 0 saturated heterocycles. The molecule has 3 rings (SSSR count). The van der Waals surface area contributed by atoms with E-state index < -0.39 is 18.5 Å². The van der Waals surface area contributed by atoms with E-state index in [1.165, 1.54) is 20.3 Å². The van der Waals surface area contributed by atoms with Crippen molar-refractivity contribution in [3.8, 4) is 22.6 Å². The summed E-state index contributed by atoms with van der Waals surface area (Å²) in [6.07, 6.45) is 0. The lowest BCUT2D eigenvalue weighted by Gasteiger charge is -2.11. The van der Waals surface area contributed by atoms with Gasteiger partial charge in [-0.05, 0) is 35.4 Å². The summed E-state index contributed by atoms with van der Waals surface area (Å²) in [7, 11) is 2.96. The van der Waals surface area contributed by atoms with Gasteiger partial charge < -0.3 is 19.5 Å². The number of carbonyl (C=O) groups is 2. The first-order valence-electron chi connectivity index (χ1n) is 8.95. The second kappa shape index (κ2) is 9.41. The largest absolute Gasteiger partial charge is 0.497 e. The Morgan fingerprint density at radius 3 is 2.17 bits per heavy atom. The van der Waals surface area contributed by atoms with E-state index in [9.17, 15) is 9.59 Å². The molecule has 0 spiro atoms. The van der Waals surface area contributed by atoms with Gasteiger partial charge in [-0.1, -0.05) is 42.5 Å². The Hall–Kier alpha value is -3.80. The lowest BCUT2D eigenvalue weighted by Crippen LogP contribution is -2.21. The lowest BCUT2D eigenvalue weighted by molar-refractivity contribution is -0.119. The predicted molar refractivity (Wildman–Crippen MR) is 110 cm³/mol. The fourth-order valence-corrected chi connectivity index (χ4v) is 2.75. The van der Waals surface area contributed by atoms with E-state index >= 15 is 0 Å². The van der Waals surface area contributed by atoms with Gasteiger partial charge in [-0.2, -0.15) is 0 Å². The van der Waals surface area contributed by atoms with Crippen molar-refractivity contribution in [2.45, 2.75) is 0 Å². The van der Waals surface area contributed by atoms with Crippen molar-refractivity contribution in [2.75, 3.05) is 26.1 Å². The van der Waals surface area contributed by atoms with Gasteiger partial charge in [-0.3, -0.25) is 4.79 Å². The molecular formula is C23H21NO5. The molecule has 148 valence electrons. The number of amides is 1. The highest BCUT2D eigenvalue weighted by Crippen LogP contribution is 2.25. The van der Waals surface area contributed by atoms with Gasteiger partial charge in [0.25, 0.3) is 5.91 Å². The minimum Gasteiger partial charge on any atom is -0.497 e. The molecule has 0 fully saturated rings. The Bertz CT molecular complexity index is 984. The highest BCUT2D eigenvalue weighted by atomic mass is 16.5. The third kappa shape index (κ3) is 5.13. The van der Waals surface area contributed by atoms with E-state index in [0.29, 0.717) is 17.2 Å². The third-order valence-electron chi connectivity index (χ3n) is 4.24. The zero-order valence-corrected chi connectivity index (χ0v) is 16.2. The summed E-state index contributed by atoms with van der Waals surface area (Å²) in [6, 6.07) is 22.1. The van der Waals surface area contributed by atoms with Crippen LogP contribution in [0.15, 0.2) is 72.8 Å². The van der Waals surface area contributed by atoms with E-state index in [0.717, 1.165) is 11.1 Å². The average molecular weight is 391 g/mol. The first-order chi connectivity index (χ1) is 14.1. The van der Waals surface area contributed by atoms with Crippen LogP contribution in [-0.4, -0.2) is 32.7 Å². The molecule has 0 radical (unpaired) electrons. The summed E-state index contributed by atoms with van der Waals surface area (Å²) in [5.74, 6) is -0.223. The van der Waals surface area contributed by atoms with Crippen LogP contribution in [0.5, 0.6) is 11.5 Å². The summed E-state index contributed by atoms with van der Waals surface area (Å²) < 4.78 is 15.4. The number of hydrogen-bond donors (Lipinski definition) is 1. The first kappa shape index (κ1) is 19.9. The van der Waals surface area contributed by atoms with Crippen LogP contribution in [0, 0.1) is 0 Å². The molecule has 1 amide bonds. The molecule has 1 N–H and O–H groups in total. The Morgan fingerprint density at radius 1 is 0.828 bits per heavy atom. The van der Waals surface area contributed by atoms with Crippen molar-refractivity contribution >= 4 is 17.6 Å². The number of ether oxygens (including phenoxy) is 3. The van der Waals surface area contributed by atoms with Crippen LogP contribution >= 0.6 is 0 Å². The van der Waals surface area contributed by atoms with Crippen molar-refractivity contribution in [3.05, 3.63) is 78.4 Å². The molecule has 0 aliphatic carbocycles. The van der Waals surface area contributed by atoms with Crippen LogP contribution in [0.25, 0.3) is 11.1 Å². The number of carbonyl (C=O) groups excluding carboxylic acids is 2. The SMILES string of the molecule is COc1ccc(C(=O)OCC(=O)Nc2ccc(-c3ccccc3)cc2)c(OC)c1. The van der Waals surface area contributed by atoms with Crippen molar-refractivity contribution in [1.29, 1.82) is 0 Å². The molecule has 0 atom stereocenters. The molecule has 0 heterocycles. The van der Waals surface area contributed by atoms with Crippen molar-refractivity contribution < 1.29 is 23.8 Å². The predicted octanol–water partition coefficient (Wildman–Crippen LogP) is 4.17. The van der Waals surface area contributed by atoms with E-state index in [4.69, 9.17) is 14.2 Å². The molecule has 0 aliphatic rings. The van der Waals surface area contributed by atoms with E-state index in [1.807, 2.05) is 42.5 Å². The van der Waals surface area contributed by atoms with Gasteiger partial charge >= 0.3 is 5.97 Å². The molecule has 29 heavy (non-hydrogen) atoms. The summed E-state index contributed by atoms with van der Waals surface area (Å²) in [6.45, 7) is -0.408. The summed E-state index contributed by atoms with van der Waals surface area (Å²) >= 11 is 0. The van der Waals surface area contributed by atoms with Gasteiger partial charge in [-0.25, -0.2) is 4.79 Å². The van der Waals surface area contributed by atoms with Gasteiger partial charge in [0.2, 0.25) is 0 Å². The first-order valence-corrected chi connectivity index (χ1v) is 8.95. The number of benzene rings is 3. The summed E-state index contributed by atoms with van der Waals surface area (Å²) in [5, 5.41) is 2.71. The van der Waals surface area contributed by atoms with Crippen molar-refractivity contribution in [3.63, 3.8) is 0 Å². The number of hydrogen-bond acceptors (Lipinski definition) is 5. The molecule has 3 aromatic rings. The maximum Gasteiger partial charge on any atom is 0.342 e. The standard InChI is InChI=1S/C23H21NO5/c1-27-19-12-13-20(21(14-19)28-2)23(26)29-15-22(25)24-18-10-8-17(9-11-18)16-6-4-3-5-7-16/h3-14H,15H2,1-2H3,(H,24,25). The van der Waals surface area contributed by atoms with Crippen LogP contribution in [0.4, 0.5) is 5.69 Å². The lowest BCUT2D eigenvalue weighted by atomic mass is 10.1. The molecule has 0 unspecified atom stereocenters. The topological polar surface area (TPSA) is 73.9 Å². The fraction of sp³-hybridized carbons (Fsp3) is 0.130. The van der Waals surface area contributed by atoms with Crippen LogP contribution in [0.1, 0.15) is 10.4 Å². The number of esters is 1. The van der Waals surface area contributed by atoms with Crippen LogP contribution in [-0.2, 0) is 9.53 Å². The number of methoxy groups -OCH3 is 2. The molecule has 0 bridgehead atoms. The second-order valence-corrected chi connectivity index (χ2v) is 6.13. The fourth-order valence-electron chi connectivity index (χ4n) is 2.75. The Kier molecular flexibility index (Phi) is 6.47. The number of rotatable bonds is 7. The average Bonchev–Trinajstić information content (AvgIpc) is 2.78. The van der Waals surface area contributed by atoms with Gasteiger partial charge in [0.1, 0.15) is 17.1 Å². The normalized spacial score (nSPS) is 10.1. The zero-order valence-electron chi connectivity index (χ0n) is 16.2. The Labute approximate surface area is 169 Å². The minimum atomic E-state index is -0.654. The molecule has 3 aromatic carbocycles.